The summed E-state index contributed by atoms with van der Waals surface area (Å²) in [6.45, 7) is 1.54. The number of hydrogen-bond donors (Lipinski definition) is 2. The molecule has 0 amide bonds. The molecule has 0 unspecified atom stereocenters. The van der Waals surface area contributed by atoms with Gasteiger partial charge in [-0.05, 0) is 31.2 Å². The highest BCUT2D eigenvalue weighted by Crippen LogP contribution is 2.09. The lowest BCUT2D eigenvalue weighted by Crippen LogP contribution is -2.41. The molecule has 0 radical (unpaired) electrons. The van der Waals surface area contributed by atoms with E-state index in [9.17, 15) is 16.8 Å². The van der Waals surface area contributed by atoms with Crippen LogP contribution in [0, 0.1) is 0 Å². The first-order valence-electron chi connectivity index (χ1n) is 6.93. The summed E-state index contributed by atoms with van der Waals surface area (Å²) in [6.07, 6.45) is 0. The first kappa shape index (κ1) is 17.6. The molecule has 0 saturated heterocycles. The SMILES string of the molecule is C[C@H](CNS(=O)(=O)c1ccccc1)NS(=O)(=O)c1ccccc1. The summed E-state index contributed by atoms with van der Waals surface area (Å²) in [4.78, 5) is 0.274. The van der Waals surface area contributed by atoms with Crippen molar-refractivity contribution in [3.63, 3.8) is 0 Å². The highest BCUT2D eigenvalue weighted by molar-refractivity contribution is 7.90. The monoisotopic (exact) mass is 354 g/mol. The van der Waals surface area contributed by atoms with E-state index in [2.05, 4.69) is 9.44 Å². The molecule has 6 nitrogen and oxygen atoms in total. The highest BCUT2D eigenvalue weighted by atomic mass is 32.2. The van der Waals surface area contributed by atoms with Gasteiger partial charge < -0.3 is 0 Å². The van der Waals surface area contributed by atoms with Crippen molar-refractivity contribution in [1.29, 1.82) is 0 Å². The summed E-state index contributed by atoms with van der Waals surface area (Å²) >= 11 is 0. The maximum absolute atomic E-state index is 12.1. The predicted molar refractivity (Wildman–Crippen MR) is 87.9 cm³/mol. The van der Waals surface area contributed by atoms with Crippen LogP contribution in [0.25, 0.3) is 0 Å². The molecule has 0 aromatic heterocycles. The Hall–Kier alpha value is -1.74. The normalized spacial score (nSPS) is 13.6. The molecule has 8 heteroatoms. The van der Waals surface area contributed by atoms with Crippen molar-refractivity contribution in [3.8, 4) is 0 Å². The van der Waals surface area contributed by atoms with E-state index in [1.165, 1.54) is 24.3 Å². The van der Waals surface area contributed by atoms with Crippen LogP contribution in [0.2, 0.25) is 0 Å². The third kappa shape index (κ3) is 4.87. The van der Waals surface area contributed by atoms with E-state index >= 15 is 0 Å². The average molecular weight is 354 g/mol. The minimum Gasteiger partial charge on any atom is -0.210 e. The van der Waals surface area contributed by atoms with E-state index in [1.807, 2.05) is 0 Å². The third-order valence-corrected chi connectivity index (χ3v) is 6.09. The van der Waals surface area contributed by atoms with Crippen LogP contribution >= 0.6 is 0 Å². The van der Waals surface area contributed by atoms with Gasteiger partial charge in [-0.1, -0.05) is 36.4 Å². The standard InChI is InChI=1S/C15H18N2O4S2/c1-13(17-23(20,21)15-10-6-3-7-11-15)12-16-22(18,19)14-8-4-2-5-9-14/h2-11,13,16-17H,12H2,1H3/t13-/m1/s1. The van der Waals surface area contributed by atoms with Gasteiger partial charge in [-0.2, -0.15) is 0 Å². The lowest BCUT2D eigenvalue weighted by atomic mass is 10.4. The molecule has 2 rings (SSSR count). The summed E-state index contributed by atoms with van der Waals surface area (Å²) in [5.41, 5.74) is 0. The number of nitrogens with one attached hydrogen (secondary N) is 2. The number of rotatable bonds is 7. The summed E-state index contributed by atoms with van der Waals surface area (Å²) < 4.78 is 53.3. The van der Waals surface area contributed by atoms with Crippen molar-refractivity contribution in [2.45, 2.75) is 22.8 Å². The Bertz CT molecular complexity index is 836. The zero-order valence-corrected chi connectivity index (χ0v) is 14.1. The summed E-state index contributed by atoms with van der Waals surface area (Å²) in [6, 6.07) is 15.2. The second-order valence-corrected chi connectivity index (χ2v) is 8.48. The van der Waals surface area contributed by atoms with Gasteiger partial charge in [0.05, 0.1) is 9.79 Å². The van der Waals surface area contributed by atoms with Gasteiger partial charge >= 0.3 is 0 Å². The minimum atomic E-state index is -3.68. The number of benzene rings is 2. The van der Waals surface area contributed by atoms with Crippen molar-refractivity contribution in [1.82, 2.24) is 9.44 Å². The van der Waals surface area contributed by atoms with Crippen LogP contribution in [-0.2, 0) is 20.0 Å². The summed E-state index contributed by atoms with van der Waals surface area (Å²) in [5.74, 6) is 0. The zero-order chi connectivity index (χ0) is 16.9. The van der Waals surface area contributed by atoms with Gasteiger partial charge in [0.1, 0.15) is 0 Å². The number of sulfonamides is 2. The van der Waals surface area contributed by atoms with Crippen LogP contribution in [0.5, 0.6) is 0 Å². The average Bonchev–Trinajstić information content (AvgIpc) is 2.54. The molecule has 0 saturated carbocycles. The number of hydrogen-bond acceptors (Lipinski definition) is 4. The van der Waals surface area contributed by atoms with Crippen molar-refractivity contribution >= 4 is 20.0 Å². The van der Waals surface area contributed by atoms with E-state index in [-0.39, 0.29) is 16.3 Å². The maximum Gasteiger partial charge on any atom is 0.240 e. The zero-order valence-electron chi connectivity index (χ0n) is 12.5. The Morgan fingerprint density at radius 1 is 0.783 bits per heavy atom. The van der Waals surface area contributed by atoms with E-state index < -0.39 is 26.1 Å². The van der Waals surface area contributed by atoms with E-state index in [4.69, 9.17) is 0 Å². The van der Waals surface area contributed by atoms with Crippen LogP contribution in [0.3, 0.4) is 0 Å². The largest absolute Gasteiger partial charge is 0.240 e. The van der Waals surface area contributed by atoms with Gasteiger partial charge in [-0.25, -0.2) is 26.3 Å². The Labute approximate surface area is 136 Å². The van der Waals surface area contributed by atoms with Crippen LogP contribution in [-0.4, -0.2) is 29.4 Å². The van der Waals surface area contributed by atoms with Gasteiger partial charge in [0.2, 0.25) is 20.0 Å². The second kappa shape index (κ2) is 7.22. The lowest BCUT2D eigenvalue weighted by Gasteiger charge is -2.15. The molecule has 0 aliphatic rings. The quantitative estimate of drug-likeness (QED) is 0.785. The molecule has 0 fully saturated rings. The molecule has 0 heterocycles. The first-order chi connectivity index (χ1) is 10.8. The smallest absolute Gasteiger partial charge is 0.210 e. The van der Waals surface area contributed by atoms with Gasteiger partial charge in [0, 0.05) is 12.6 Å². The van der Waals surface area contributed by atoms with Gasteiger partial charge in [0.25, 0.3) is 0 Å². The van der Waals surface area contributed by atoms with Gasteiger partial charge in [-0.3, -0.25) is 0 Å². The van der Waals surface area contributed by atoms with Crippen LogP contribution in [0.15, 0.2) is 70.5 Å². The Morgan fingerprint density at radius 2 is 1.22 bits per heavy atom. The van der Waals surface area contributed by atoms with Crippen molar-refractivity contribution in [2.24, 2.45) is 0 Å². The minimum absolute atomic E-state index is 0.0523. The molecule has 2 aromatic carbocycles. The molecule has 2 N–H and O–H groups in total. The molecule has 0 aliphatic carbocycles. The third-order valence-electron chi connectivity index (χ3n) is 3.04. The summed E-state index contributed by atoms with van der Waals surface area (Å²) in [7, 11) is -7.34. The van der Waals surface area contributed by atoms with Gasteiger partial charge in [-0.15, -0.1) is 0 Å². The topological polar surface area (TPSA) is 92.3 Å². The van der Waals surface area contributed by atoms with Crippen molar-refractivity contribution < 1.29 is 16.8 Å². The van der Waals surface area contributed by atoms with Crippen molar-refractivity contribution in [3.05, 3.63) is 60.7 Å². The fourth-order valence-electron chi connectivity index (χ4n) is 1.89. The molecule has 1 atom stereocenters. The van der Waals surface area contributed by atoms with Crippen LogP contribution < -0.4 is 9.44 Å². The first-order valence-corrected chi connectivity index (χ1v) is 9.90. The van der Waals surface area contributed by atoms with Crippen LogP contribution in [0.1, 0.15) is 6.92 Å². The fourth-order valence-corrected chi connectivity index (χ4v) is 4.31. The lowest BCUT2D eigenvalue weighted by molar-refractivity contribution is 0.545. The molecule has 2 aromatic rings. The molecular formula is C15H18N2O4S2. The fraction of sp³-hybridized carbons (Fsp3) is 0.200. The molecular weight excluding hydrogens is 336 g/mol. The maximum atomic E-state index is 12.1. The van der Waals surface area contributed by atoms with Gasteiger partial charge in [0.15, 0.2) is 0 Å². The molecule has 0 bridgehead atoms. The summed E-state index contributed by atoms with van der Waals surface area (Å²) in [5, 5.41) is 0. The Morgan fingerprint density at radius 3 is 1.70 bits per heavy atom. The molecule has 0 aliphatic heterocycles. The molecule has 124 valence electrons. The van der Waals surface area contributed by atoms with E-state index in [0.29, 0.717) is 0 Å². The van der Waals surface area contributed by atoms with E-state index in [1.54, 1.807) is 43.3 Å². The van der Waals surface area contributed by atoms with Crippen LogP contribution in [0.4, 0.5) is 0 Å². The predicted octanol–water partition coefficient (Wildman–Crippen LogP) is 1.33. The van der Waals surface area contributed by atoms with Crippen molar-refractivity contribution in [2.75, 3.05) is 6.54 Å². The second-order valence-electron chi connectivity index (χ2n) is 5.00. The molecule has 0 spiro atoms. The Kier molecular flexibility index (Phi) is 5.53. The Balaban J connectivity index is 1.99. The highest BCUT2D eigenvalue weighted by Gasteiger charge is 2.19. The molecule has 23 heavy (non-hydrogen) atoms. The van der Waals surface area contributed by atoms with E-state index in [0.717, 1.165) is 0 Å².